The summed E-state index contributed by atoms with van der Waals surface area (Å²) < 4.78 is 5.69. The molecule has 1 aromatic carbocycles. The van der Waals surface area contributed by atoms with Crippen molar-refractivity contribution in [2.75, 3.05) is 11.9 Å². The predicted molar refractivity (Wildman–Crippen MR) is 81.8 cm³/mol. The van der Waals surface area contributed by atoms with Gasteiger partial charge in [0.25, 0.3) is 0 Å². The third-order valence-corrected chi connectivity index (χ3v) is 4.12. The zero-order valence-electron chi connectivity index (χ0n) is 12.5. The Kier molecular flexibility index (Phi) is 5.12. The van der Waals surface area contributed by atoms with E-state index in [0.29, 0.717) is 6.04 Å². The van der Waals surface area contributed by atoms with Gasteiger partial charge in [-0.3, -0.25) is 0 Å². The first-order valence-corrected chi connectivity index (χ1v) is 7.68. The first kappa shape index (κ1) is 14.2. The van der Waals surface area contributed by atoms with E-state index < -0.39 is 0 Å². The van der Waals surface area contributed by atoms with Gasteiger partial charge in [-0.05, 0) is 43.2 Å². The van der Waals surface area contributed by atoms with Crippen LogP contribution in [0, 0.1) is 11.8 Å². The second-order valence-electron chi connectivity index (χ2n) is 6.02. The summed E-state index contributed by atoms with van der Waals surface area (Å²) in [6.07, 6.45) is 5.04. The van der Waals surface area contributed by atoms with Crippen LogP contribution in [0.4, 0.5) is 5.69 Å². The largest absolute Gasteiger partial charge is 0.494 e. The van der Waals surface area contributed by atoms with Gasteiger partial charge in [-0.15, -0.1) is 0 Å². The molecule has 0 amide bonds. The van der Waals surface area contributed by atoms with Crippen molar-refractivity contribution in [1.29, 1.82) is 0 Å². The molecular weight excluding hydrogens is 234 g/mol. The van der Waals surface area contributed by atoms with Gasteiger partial charge in [0.15, 0.2) is 0 Å². The molecule has 0 aliphatic heterocycles. The Morgan fingerprint density at radius 3 is 2.89 bits per heavy atom. The fraction of sp³-hybridized carbons (Fsp3) is 0.647. The summed E-state index contributed by atoms with van der Waals surface area (Å²) in [6.45, 7) is 7.65. The molecule has 106 valence electrons. The number of ether oxygens (including phenoxy) is 1. The summed E-state index contributed by atoms with van der Waals surface area (Å²) in [5.74, 6) is 2.58. The first-order valence-electron chi connectivity index (χ1n) is 7.68. The van der Waals surface area contributed by atoms with Gasteiger partial charge >= 0.3 is 0 Å². The quantitative estimate of drug-likeness (QED) is 0.828. The first-order chi connectivity index (χ1) is 9.19. The van der Waals surface area contributed by atoms with Gasteiger partial charge in [-0.25, -0.2) is 0 Å². The maximum absolute atomic E-state index is 5.69. The highest BCUT2D eigenvalue weighted by Crippen LogP contribution is 2.31. The van der Waals surface area contributed by atoms with E-state index in [0.717, 1.165) is 30.6 Å². The second kappa shape index (κ2) is 6.83. The second-order valence-corrected chi connectivity index (χ2v) is 6.02. The molecule has 2 heteroatoms. The van der Waals surface area contributed by atoms with Gasteiger partial charge in [0, 0.05) is 17.8 Å². The third-order valence-electron chi connectivity index (χ3n) is 4.12. The summed E-state index contributed by atoms with van der Waals surface area (Å²) in [6, 6.07) is 8.98. The Balaban J connectivity index is 1.97. The average Bonchev–Trinajstić information content (AvgIpc) is 2.41. The van der Waals surface area contributed by atoms with E-state index in [2.05, 4.69) is 44.3 Å². The minimum absolute atomic E-state index is 0.602. The van der Waals surface area contributed by atoms with Crippen LogP contribution in [0.3, 0.4) is 0 Å². The zero-order valence-corrected chi connectivity index (χ0v) is 12.5. The van der Waals surface area contributed by atoms with E-state index in [-0.39, 0.29) is 0 Å². The number of benzene rings is 1. The highest BCUT2D eigenvalue weighted by molar-refractivity contribution is 5.49. The Morgan fingerprint density at radius 1 is 1.26 bits per heavy atom. The van der Waals surface area contributed by atoms with Crippen molar-refractivity contribution in [2.24, 2.45) is 11.8 Å². The number of nitrogens with one attached hydrogen (secondary N) is 1. The highest BCUT2D eigenvalue weighted by Gasteiger charge is 2.25. The van der Waals surface area contributed by atoms with Crippen molar-refractivity contribution in [3.63, 3.8) is 0 Å². The molecule has 0 aromatic heterocycles. The normalized spacial score (nSPS) is 27.0. The highest BCUT2D eigenvalue weighted by atomic mass is 16.5. The lowest BCUT2D eigenvalue weighted by atomic mass is 9.80. The molecule has 1 aliphatic carbocycles. The van der Waals surface area contributed by atoms with Crippen LogP contribution in [0.5, 0.6) is 5.75 Å². The SMILES string of the molecule is CCCOc1cccc(NC2CC(C)CCC2C)c1. The molecule has 1 aromatic rings. The van der Waals surface area contributed by atoms with E-state index in [1.165, 1.54) is 24.9 Å². The van der Waals surface area contributed by atoms with Gasteiger partial charge in [-0.2, -0.15) is 0 Å². The van der Waals surface area contributed by atoms with Crippen LogP contribution in [-0.2, 0) is 0 Å². The van der Waals surface area contributed by atoms with Crippen molar-refractivity contribution in [2.45, 2.75) is 52.5 Å². The molecule has 1 saturated carbocycles. The molecule has 0 bridgehead atoms. The molecule has 2 nitrogen and oxygen atoms in total. The molecule has 1 aliphatic rings. The van der Waals surface area contributed by atoms with Gasteiger partial charge < -0.3 is 10.1 Å². The molecule has 0 spiro atoms. The molecule has 3 atom stereocenters. The van der Waals surface area contributed by atoms with Crippen molar-refractivity contribution in [3.05, 3.63) is 24.3 Å². The van der Waals surface area contributed by atoms with Crippen molar-refractivity contribution in [1.82, 2.24) is 0 Å². The number of hydrogen-bond acceptors (Lipinski definition) is 2. The van der Waals surface area contributed by atoms with Gasteiger partial charge in [0.1, 0.15) is 5.75 Å². The fourth-order valence-electron chi connectivity index (χ4n) is 2.84. The molecule has 2 rings (SSSR count). The Bertz CT molecular complexity index is 391. The van der Waals surface area contributed by atoms with E-state index in [4.69, 9.17) is 4.74 Å². The summed E-state index contributed by atoms with van der Waals surface area (Å²) in [4.78, 5) is 0. The fourth-order valence-corrected chi connectivity index (χ4v) is 2.84. The van der Waals surface area contributed by atoms with Crippen LogP contribution in [0.15, 0.2) is 24.3 Å². The Labute approximate surface area is 117 Å². The van der Waals surface area contributed by atoms with Crippen LogP contribution in [0.25, 0.3) is 0 Å². The number of anilines is 1. The van der Waals surface area contributed by atoms with Crippen LogP contribution in [-0.4, -0.2) is 12.6 Å². The topological polar surface area (TPSA) is 21.3 Å². The molecule has 1 fully saturated rings. The van der Waals surface area contributed by atoms with E-state index in [1.807, 2.05) is 6.07 Å². The standard InChI is InChI=1S/C17H27NO/c1-4-10-19-16-7-5-6-15(12-16)18-17-11-13(2)8-9-14(17)3/h5-7,12-14,17-18H,4,8-11H2,1-3H3. The smallest absolute Gasteiger partial charge is 0.121 e. The van der Waals surface area contributed by atoms with Crippen molar-refractivity contribution >= 4 is 5.69 Å². The van der Waals surface area contributed by atoms with Gasteiger partial charge in [-0.1, -0.05) is 33.3 Å². The summed E-state index contributed by atoms with van der Waals surface area (Å²) in [5.41, 5.74) is 1.19. The van der Waals surface area contributed by atoms with E-state index in [9.17, 15) is 0 Å². The Morgan fingerprint density at radius 2 is 2.11 bits per heavy atom. The average molecular weight is 261 g/mol. The molecular formula is C17H27NO. The predicted octanol–water partition coefficient (Wildman–Crippen LogP) is 4.71. The van der Waals surface area contributed by atoms with Crippen LogP contribution in [0.1, 0.15) is 46.5 Å². The minimum atomic E-state index is 0.602. The van der Waals surface area contributed by atoms with E-state index in [1.54, 1.807) is 0 Å². The van der Waals surface area contributed by atoms with Gasteiger partial charge in [0.2, 0.25) is 0 Å². The van der Waals surface area contributed by atoms with Crippen LogP contribution in [0.2, 0.25) is 0 Å². The number of hydrogen-bond donors (Lipinski definition) is 1. The minimum Gasteiger partial charge on any atom is -0.494 e. The van der Waals surface area contributed by atoms with Crippen molar-refractivity contribution in [3.8, 4) is 5.75 Å². The molecule has 0 heterocycles. The lowest BCUT2D eigenvalue weighted by molar-refractivity contribution is 0.280. The van der Waals surface area contributed by atoms with Crippen LogP contribution < -0.4 is 10.1 Å². The molecule has 0 radical (unpaired) electrons. The molecule has 1 N–H and O–H groups in total. The maximum atomic E-state index is 5.69. The summed E-state index contributed by atoms with van der Waals surface area (Å²) in [5, 5.41) is 3.70. The Hall–Kier alpha value is -1.18. The van der Waals surface area contributed by atoms with Gasteiger partial charge in [0.05, 0.1) is 6.61 Å². The molecule has 3 unspecified atom stereocenters. The zero-order chi connectivity index (χ0) is 13.7. The lowest BCUT2D eigenvalue weighted by Gasteiger charge is -2.34. The molecule has 0 saturated heterocycles. The molecule has 19 heavy (non-hydrogen) atoms. The van der Waals surface area contributed by atoms with E-state index >= 15 is 0 Å². The summed E-state index contributed by atoms with van der Waals surface area (Å²) in [7, 11) is 0. The lowest BCUT2D eigenvalue weighted by Crippen LogP contribution is -2.33. The van der Waals surface area contributed by atoms with Crippen LogP contribution >= 0.6 is 0 Å². The monoisotopic (exact) mass is 261 g/mol. The third kappa shape index (κ3) is 4.15. The maximum Gasteiger partial charge on any atom is 0.121 e. The number of rotatable bonds is 5. The summed E-state index contributed by atoms with van der Waals surface area (Å²) >= 11 is 0. The van der Waals surface area contributed by atoms with Crippen molar-refractivity contribution < 1.29 is 4.74 Å².